The summed E-state index contributed by atoms with van der Waals surface area (Å²) < 4.78 is 3.43. The summed E-state index contributed by atoms with van der Waals surface area (Å²) in [5.41, 5.74) is 4.37. The summed E-state index contributed by atoms with van der Waals surface area (Å²) in [7, 11) is 0. The van der Waals surface area contributed by atoms with Gasteiger partial charge in [-0.3, -0.25) is 0 Å². The number of aryl methyl sites for hydroxylation is 3. The van der Waals surface area contributed by atoms with Crippen molar-refractivity contribution in [3.63, 3.8) is 0 Å². The van der Waals surface area contributed by atoms with Gasteiger partial charge in [0, 0.05) is 34.0 Å². The van der Waals surface area contributed by atoms with Gasteiger partial charge in [-0.2, -0.15) is 0 Å². The molecule has 2 heterocycles. The molecule has 3 rings (SSSR count). The van der Waals surface area contributed by atoms with E-state index in [4.69, 9.17) is 0 Å². The first-order valence-electron chi connectivity index (χ1n) is 5.87. The highest BCUT2D eigenvalue weighted by molar-refractivity contribution is 9.10. The molecule has 0 atom stereocenters. The molecule has 0 aliphatic rings. The number of hydrogen-bond acceptors (Lipinski definition) is 2. The summed E-state index contributed by atoms with van der Waals surface area (Å²) in [6.07, 6.45) is 3.21. The number of aromatic nitrogens is 2. The summed E-state index contributed by atoms with van der Waals surface area (Å²) in [4.78, 5) is 5.68. The largest absolute Gasteiger partial charge is 0.347 e. The molecule has 0 saturated heterocycles. The zero-order valence-corrected chi connectivity index (χ0v) is 12.5. The fraction of sp³-hybridized carbons (Fsp3) is 0.214. The van der Waals surface area contributed by atoms with Crippen LogP contribution in [0.2, 0.25) is 0 Å². The molecule has 0 bridgehead atoms. The fourth-order valence-corrected chi connectivity index (χ4v) is 3.26. The summed E-state index contributed by atoms with van der Waals surface area (Å²) in [5, 5.41) is 1.29. The lowest BCUT2D eigenvalue weighted by Crippen LogP contribution is -1.99. The molecule has 0 saturated carbocycles. The molecular weight excluding hydrogens is 308 g/mol. The molecule has 0 radical (unpaired) electrons. The van der Waals surface area contributed by atoms with Crippen molar-refractivity contribution in [1.82, 2.24) is 9.55 Å². The minimum atomic E-state index is 1.00. The monoisotopic (exact) mass is 320 g/mol. The van der Waals surface area contributed by atoms with E-state index in [0.29, 0.717) is 0 Å². The number of nitrogens with zero attached hydrogens (tertiary/aromatic N) is 2. The van der Waals surface area contributed by atoms with E-state index in [-0.39, 0.29) is 0 Å². The first-order valence-corrected chi connectivity index (χ1v) is 7.54. The lowest BCUT2D eigenvalue weighted by molar-refractivity contribution is 0.726. The molecule has 4 heteroatoms. The summed E-state index contributed by atoms with van der Waals surface area (Å²) in [5.74, 6) is 0. The van der Waals surface area contributed by atoms with Crippen LogP contribution in [0.25, 0.3) is 10.9 Å². The van der Waals surface area contributed by atoms with E-state index in [0.717, 1.165) is 23.1 Å². The molecule has 0 aliphatic heterocycles. The summed E-state index contributed by atoms with van der Waals surface area (Å²) >= 11 is 5.28. The molecule has 0 N–H and O–H groups in total. The zero-order valence-electron chi connectivity index (χ0n) is 10.1. The van der Waals surface area contributed by atoms with Crippen LogP contribution in [0, 0.1) is 6.92 Å². The van der Waals surface area contributed by atoms with Crippen LogP contribution in [0.5, 0.6) is 0 Å². The van der Waals surface area contributed by atoms with Gasteiger partial charge < -0.3 is 4.57 Å². The predicted octanol–water partition coefficient (Wildman–Crippen LogP) is 4.41. The Morgan fingerprint density at radius 1 is 1.33 bits per heavy atom. The van der Waals surface area contributed by atoms with Crippen LogP contribution in [0.1, 0.15) is 10.6 Å². The van der Waals surface area contributed by atoms with Crippen molar-refractivity contribution < 1.29 is 0 Å². The Bertz CT molecular complexity index is 684. The lowest BCUT2D eigenvalue weighted by atomic mass is 10.2. The highest BCUT2D eigenvalue weighted by atomic mass is 79.9. The third-order valence-electron chi connectivity index (χ3n) is 3.16. The van der Waals surface area contributed by atoms with Gasteiger partial charge in [0.05, 0.1) is 11.2 Å². The topological polar surface area (TPSA) is 17.8 Å². The van der Waals surface area contributed by atoms with Crippen LogP contribution in [0.4, 0.5) is 0 Å². The predicted molar refractivity (Wildman–Crippen MR) is 80.2 cm³/mol. The van der Waals surface area contributed by atoms with E-state index in [9.17, 15) is 0 Å². The van der Waals surface area contributed by atoms with E-state index >= 15 is 0 Å². The van der Waals surface area contributed by atoms with E-state index in [1.807, 2.05) is 5.51 Å². The van der Waals surface area contributed by atoms with E-state index in [1.165, 1.54) is 15.8 Å². The molecule has 0 unspecified atom stereocenters. The van der Waals surface area contributed by atoms with E-state index < -0.39 is 0 Å². The number of rotatable bonds is 3. The van der Waals surface area contributed by atoms with Gasteiger partial charge in [0.25, 0.3) is 0 Å². The van der Waals surface area contributed by atoms with Crippen LogP contribution < -0.4 is 0 Å². The molecule has 1 aromatic carbocycles. The van der Waals surface area contributed by atoms with Gasteiger partial charge in [0.2, 0.25) is 0 Å². The van der Waals surface area contributed by atoms with Gasteiger partial charge in [-0.05, 0) is 30.5 Å². The van der Waals surface area contributed by atoms with Crippen molar-refractivity contribution in [2.24, 2.45) is 0 Å². The first kappa shape index (κ1) is 11.9. The smallest absolute Gasteiger partial charge is 0.0797 e. The molecule has 0 amide bonds. The maximum atomic E-state index is 4.29. The number of hydrogen-bond donors (Lipinski definition) is 0. The normalized spacial score (nSPS) is 11.2. The second-order valence-corrected chi connectivity index (χ2v) is 6.18. The fourth-order valence-electron chi connectivity index (χ4n) is 2.14. The quantitative estimate of drug-likeness (QED) is 0.698. The number of fused-ring (bicyclic) bond motifs is 1. The van der Waals surface area contributed by atoms with Crippen LogP contribution in [0.3, 0.4) is 0 Å². The van der Waals surface area contributed by atoms with Crippen LogP contribution in [0.15, 0.2) is 40.4 Å². The molecule has 18 heavy (non-hydrogen) atoms. The Morgan fingerprint density at radius 3 is 3.00 bits per heavy atom. The van der Waals surface area contributed by atoms with E-state index in [1.54, 1.807) is 11.3 Å². The van der Waals surface area contributed by atoms with Gasteiger partial charge in [-0.25, -0.2) is 4.98 Å². The number of thiazole rings is 1. The van der Waals surface area contributed by atoms with Gasteiger partial charge in [0.1, 0.15) is 0 Å². The SMILES string of the molecule is Cc1ncsc1CCn1ccc2ccc(Br)cc21. The van der Waals surface area contributed by atoms with Crippen molar-refractivity contribution in [3.8, 4) is 0 Å². The van der Waals surface area contributed by atoms with Crippen LogP contribution >= 0.6 is 27.3 Å². The Labute approximate surface area is 118 Å². The molecule has 0 fully saturated rings. The van der Waals surface area contributed by atoms with Gasteiger partial charge in [-0.1, -0.05) is 22.0 Å². The first-order chi connectivity index (χ1) is 8.74. The Morgan fingerprint density at radius 2 is 2.22 bits per heavy atom. The Kier molecular flexibility index (Phi) is 3.22. The summed E-state index contributed by atoms with van der Waals surface area (Å²) in [6.45, 7) is 3.08. The second-order valence-electron chi connectivity index (χ2n) is 4.32. The third kappa shape index (κ3) is 2.22. The maximum Gasteiger partial charge on any atom is 0.0797 e. The standard InChI is InChI=1S/C14H13BrN2S/c1-10-14(18-9-16-10)5-7-17-6-4-11-2-3-12(15)8-13(11)17/h2-4,6,8-9H,5,7H2,1H3. The zero-order chi connectivity index (χ0) is 12.5. The van der Waals surface area contributed by atoms with Crippen molar-refractivity contribution in [2.45, 2.75) is 19.9 Å². The molecule has 2 aromatic heterocycles. The van der Waals surface area contributed by atoms with Crippen molar-refractivity contribution >= 4 is 38.2 Å². The average Bonchev–Trinajstić information content (AvgIpc) is 2.93. The number of benzene rings is 1. The van der Waals surface area contributed by atoms with Crippen molar-refractivity contribution in [1.29, 1.82) is 0 Å². The van der Waals surface area contributed by atoms with Crippen LogP contribution in [-0.4, -0.2) is 9.55 Å². The van der Waals surface area contributed by atoms with E-state index in [2.05, 4.69) is 62.9 Å². The molecule has 2 nitrogen and oxygen atoms in total. The molecule has 92 valence electrons. The maximum absolute atomic E-state index is 4.29. The molecule has 0 spiro atoms. The Hall–Kier alpha value is -1.13. The molecular formula is C14H13BrN2S. The molecule has 0 aliphatic carbocycles. The van der Waals surface area contributed by atoms with Crippen LogP contribution in [-0.2, 0) is 13.0 Å². The van der Waals surface area contributed by atoms with Crippen molar-refractivity contribution in [3.05, 3.63) is 51.0 Å². The average molecular weight is 321 g/mol. The van der Waals surface area contributed by atoms with Gasteiger partial charge >= 0.3 is 0 Å². The number of halogens is 1. The molecule has 3 aromatic rings. The highest BCUT2D eigenvalue weighted by Gasteiger charge is 2.04. The third-order valence-corrected chi connectivity index (χ3v) is 4.65. The van der Waals surface area contributed by atoms with Gasteiger partial charge in [-0.15, -0.1) is 11.3 Å². The minimum absolute atomic E-state index is 1.00. The lowest BCUT2D eigenvalue weighted by Gasteiger charge is -2.05. The minimum Gasteiger partial charge on any atom is -0.347 e. The highest BCUT2D eigenvalue weighted by Crippen LogP contribution is 2.22. The van der Waals surface area contributed by atoms with Gasteiger partial charge in [0.15, 0.2) is 0 Å². The second kappa shape index (κ2) is 4.86. The van der Waals surface area contributed by atoms with Crippen molar-refractivity contribution in [2.75, 3.05) is 0 Å². The summed E-state index contributed by atoms with van der Waals surface area (Å²) in [6, 6.07) is 8.57. The Balaban J connectivity index is 1.87.